The largest absolute Gasteiger partial charge is 0.348 e. The summed E-state index contributed by atoms with van der Waals surface area (Å²) in [6.07, 6.45) is 1.59. The van der Waals surface area contributed by atoms with Gasteiger partial charge in [0.05, 0.1) is 11.1 Å². The number of fused-ring (bicyclic) bond motifs is 1. The van der Waals surface area contributed by atoms with Crippen molar-refractivity contribution in [3.63, 3.8) is 0 Å². The van der Waals surface area contributed by atoms with Crippen LogP contribution in [0.4, 0.5) is 0 Å². The third kappa shape index (κ3) is 3.06. The number of hydrogen-bond acceptors (Lipinski definition) is 3. The lowest BCUT2D eigenvalue weighted by Gasteiger charge is -2.06. The molecule has 0 saturated heterocycles. The predicted octanol–water partition coefficient (Wildman–Crippen LogP) is 3.45. The molecule has 1 heterocycles. The van der Waals surface area contributed by atoms with Crippen LogP contribution in [0.15, 0.2) is 65.7 Å². The summed E-state index contributed by atoms with van der Waals surface area (Å²) in [6, 6.07) is 17.4. The van der Waals surface area contributed by atoms with Crippen LogP contribution >= 0.6 is 12.6 Å². The fraction of sp³-hybridized carbons (Fsp3) is 0.0588. The number of rotatable bonds is 3. The van der Waals surface area contributed by atoms with Crippen LogP contribution in [0, 0.1) is 0 Å². The smallest absolute Gasteiger partial charge is 0.253 e. The van der Waals surface area contributed by atoms with Crippen molar-refractivity contribution in [3.05, 3.63) is 71.9 Å². The summed E-state index contributed by atoms with van der Waals surface area (Å²) in [7, 11) is 0. The van der Waals surface area contributed by atoms with Crippen molar-refractivity contribution in [1.82, 2.24) is 10.3 Å². The molecule has 3 nitrogen and oxygen atoms in total. The molecule has 1 amide bonds. The van der Waals surface area contributed by atoms with Crippen molar-refractivity contribution in [2.75, 3.05) is 0 Å². The topological polar surface area (TPSA) is 42.0 Å². The molecule has 0 aliphatic rings. The highest BCUT2D eigenvalue weighted by molar-refractivity contribution is 7.80. The Morgan fingerprint density at radius 2 is 1.90 bits per heavy atom. The van der Waals surface area contributed by atoms with Gasteiger partial charge in [-0.3, -0.25) is 9.78 Å². The molecule has 104 valence electrons. The molecule has 0 unspecified atom stereocenters. The second kappa shape index (κ2) is 5.97. The molecule has 3 rings (SSSR count). The van der Waals surface area contributed by atoms with Crippen LogP contribution in [0.1, 0.15) is 15.9 Å². The Hall–Kier alpha value is -2.33. The van der Waals surface area contributed by atoms with E-state index in [4.69, 9.17) is 0 Å². The minimum absolute atomic E-state index is 0.127. The van der Waals surface area contributed by atoms with Gasteiger partial charge in [0.15, 0.2) is 0 Å². The van der Waals surface area contributed by atoms with Crippen LogP contribution in [0.5, 0.6) is 0 Å². The lowest BCUT2D eigenvalue weighted by Crippen LogP contribution is -2.22. The van der Waals surface area contributed by atoms with Gasteiger partial charge in [0.2, 0.25) is 0 Å². The van der Waals surface area contributed by atoms with Crippen LogP contribution < -0.4 is 5.32 Å². The first-order valence-electron chi connectivity index (χ1n) is 6.64. The molecule has 0 atom stereocenters. The Balaban J connectivity index is 1.79. The summed E-state index contributed by atoms with van der Waals surface area (Å²) in [4.78, 5) is 17.3. The maximum absolute atomic E-state index is 12.2. The monoisotopic (exact) mass is 294 g/mol. The lowest BCUT2D eigenvalue weighted by molar-refractivity contribution is 0.0950. The number of benzene rings is 2. The zero-order chi connectivity index (χ0) is 14.7. The molecule has 0 aliphatic heterocycles. The molecule has 0 bridgehead atoms. The SMILES string of the molecule is O=C(NCc1ccccc1)c1cnc2c(S)cccc2c1. The molecular weight excluding hydrogens is 280 g/mol. The van der Waals surface area contributed by atoms with E-state index < -0.39 is 0 Å². The molecular formula is C17H14N2OS. The summed E-state index contributed by atoms with van der Waals surface area (Å²) in [6.45, 7) is 0.504. The molecule has 0 fully saturated rings. The van der Waals surface area contributed by atoms with E-state index in [1.54, 1.807) is 6.20 Å². The van der Waals surface area contributed by atoms with E-state index in [9.17, 15) is 4.79 Å². The van der Waals surface area contributed by atoms with Crippen molar-refractivity contribution < 1.29 is 4.79 Å². The van der Waals surface area contributed by atoms with Crippen LogP contribution in [0.2, 0.25) is 0 Å². The number of para-hydroxylation sites is 1. The van der Waals surface area contributed by atoms with Gasteiger partial charge in [-0.15, -0.1) is 12.6 Å². The van der Waals surface area contributed by atoms with Crippen LogP contribution in [-0.2, 0) is 6.54 Å². The summed E-state index contributed by atoms with van der Waals surface area (Å²) in [5.41, 5.74) is 2.43. The van der Waals surface area contributed by atoms with E-state index in [1.165, 1.54) is 0 Å². The van der Waals surface area contributed by atoms with Gasteiger partial charge in [-0.05, 0) is 17.7 Å². The van der Waals surface area contributed by atoms with Crippen molar-refractivity contribution in [3.8, 4) is 0 Å². The zero-order valence-electron chi connectivity index (χ0n) is 11.3. The van der Waals surface area contributed by atoms with Crippen LogP contribution in [-0.4, -0.2) is 10.9 Å². The quantitative estimate of drug-likeness (QED) is 0.726. The van der Waals surface area contributed by atoms with Gasteiger partial charge >= 0.3 is 0 Å². The average molecular weight is 294 g/mol. The Bertz CT molecular complexity index is 787. The number of aromatic nitrogens is 1. The predicted molar refractivity (Wildman–Crippen MR) is 86.6 cm³/mol. The van der Waals surface area contributed by atoms with Gasteiger partial charge in [-0.2, -0.15) is 0 Å². The number of carbonyl (C=O) groups excluding carboxylic acids is 1. The Labute approximate surface area is 128 Å². The van der Waals surface area contributed by atoms with Gasteiger partial charge in [0, 0.05) is 23.0 Å². The minimum atomic E-state index is -0.127. The van der Waals surface area contributed by atoms with E-state index in [0.717, 1.165) is 21.4 Å². The lowest BCUT2D eigenvalue weighted by atomic mass is 10.1. The molecule has 0 aliphatic carbocycles. The molecule has 0 spiro atoms. The van der Waals surface area contributed by atoms with E-state index in [2.05, 4.69) is 22.9 Å². The Morgan fingerprint density at radius 3 is 2.71 bits per heavy atom. The highest BCUT2D eigenvalue weighted by Gasteiger charge is 2.08. The van der Waals surface area contributed by atoms with Gasteiger partial charge in [0.25, 0.3) is 5.91 Å². The molecule has 4 heteroatoms. The molecule has 1 N–H and O–H groups in total. The zero-order valence-corrected chi connectivity index (χ0v) is 12.2. The van der Waals surface area contributed by atoms with Gasteiger partial charge in [0.1, 0.15) is 0 Å². The van der Waals surface area contributed by atoms with Crippen molar-refractivity contribution in [2.45, 2.75) is 11.4 Å². The first-order chi connectivity index (χ1) is 10.2. The second-order valence-electron chi connectivity index (χ2n) is 4.74. The number of nitrogens with one attached hydrogen (secondary N) is 1. The third-order valence-corrected chi connectivity index (χ3v) is 3.61. The maximum Gasteiger partial charge on any atom is 0.253 e. The number of thiol groups is 1. The van der Waals surface area contributed by atoms with Crippen molar-refractivity contribution >= 4 is 29.4 Å². The molecule has 2 aromatic carbocycles. The van der Waals surface area contributed by atoms with Crippen LogP contribution in [0.3, 0.4) is 0 Å². The molecule has 3 aromatic rings. The summed E-state index contributed by atoms with van der Waals surface area (Å²) in [5, 5.41) is 3.81. The highest BCUT2D eigenvalue weighted by Crippen LogP contribution is 2.20. The second-order valence-corrected chi connectivity index (χ2v) is 5.22. The summed E-state index contributed by atoms with van der Waals surface area (Å²) < 4.78 is 0. The van der Waals surface area contributed by atoms with Crippen molar-refractivity contribution in [1.29, 1.82) is 0 Å². The molecule has 21 heavy (non-hydrogen) atoms. The van der Waals surface area contributed by atoms with Gasteiger partial charge < -0.3 is 5.32 Å². The normalized spacial score (nSPS) is 10.5. The standard InChI is InChI=1S/C17H14N2OS/c20-17(19-10-12-5-2-1-3-6-12)14-9-13-7-4-8-15(21)16(13)18-11-14/h1-9,11,21H,10H2,(H,19,20). The number of pyridine rings is 1. The number of hydrogen-bond donors (Lipinski definition) is 2. The highest BCUT2D eigenvalue weighted by atomic mass is 32.1. The van der Waals surface area contributed by atoms with Gasteiger partial charge in [-0.25, -0.2) is 0 Å². The minimum Gasteiger partial charge on any atom is -0.348 e. The van der Waals surface area contributed by atoms with Gasteiger partial charge in [-0.1, -0.05) is 42.5 Å². The van der Waals surface area contributed by atoms with E-state index in [0.29, 0.717) is 12.1 Å². The number of nitrogens with zero attached hydrogens (tertiary/aromatic N) is 1. The Morgan fingerprint density at radius 1 is 1.10 bits per heavy atom. The fourth-order valence-electron chi connectivity index (χ4n) is 2.15. The molecule has 0 radical (unpaired) electrons. The van der Waals surface area contributed by atoms with E-state index in [1.807, 2.05) is 54.6 Å². The third-order valence-electron chi connectivity index (χ3n) is 3.25. The molecule has 0 saturated carbocycles. The van der Waals surface area contributed by atoms with Crippen LogP contribution in [0.25, 0.3) is 10.9 Å². The summed E-state index contributed by atoms with van der Waals surface area (Å²) >= 11 is 4.36. The first kappa shape index (κ1) is 13.6. The Kier molecular flexibility index (Phi) is 3.88. The first-order valence-corrected chi connectivity index (χ1v) is 7.08. The average Bonchev–Trinajstić information content (AvgIpc) is 2.53. The summed E-state index contributed by atoms with van der Waals surface area (Å²) in [5.74, 6) is -0.127. The fourth-order valence-corrected chi connectivity index (χ4v) is 2.42. The number of amides is 1. The number of carbonyl (C=O) groups is 1. The molecule has 1 aromatic heterocycles. The van der Waals surface area contributed by atoms with E-state index >= 15 is 0 Å². The maximum atomic E-state index is 12.2. The van der Waals surface area contributed by atoms with E-state index in [-0.39, 0.29) is 5.91 Å². The van der Waals surface area contributed by atoms with Crippen molar-refractivity contribution in [2.24, 2.45) is 0 Å².